The van der Waals surface area contributed by atoms with Crippen LogP contribution in [0.5, 0.6) is 0 Å². The molecule has 0 unspecified atom stereocenters. The van der Waals surface area contributed by atoms with Crippen molar-refractivity contribution in [1.82, 2.24) is 14.8 Å². The highest BCUT2D eigenvalue weighted by Gasteiger charge is 2.20. The maximum atomic E-state index is 6.42. The van der Waals surface area contributed by atoms with E-state index in [-0.39, 0.29) is 0 Å². The van der Waals surface area contributed by atoms with E-state index in [0.29, 0.717) is 11.1 Å². The molecule has 4 heteroatoms. The van der Waals surface area contributed by atoms with Crippen molar-refractivity contribution >= 4 is 28.6 Å². The Morgan fingerprint density at radius 3 is 2.86 bits per heavy atom. The molecule has 0 radical (unpaired) electrons. The van der Waals surface area contributed by atoms with Crippen LogP contribution in [0.25, 0.3) is 28.2 Å². The summed E-state index contributed by atoms with van der Waals surface area (Å²) < 4.78 is 2.05. The highest BCUT2D eigenvalue weighted by Crippen LogP contribution is 2.33. The van der Waals surface area contributed by atoms with Gasteiger partial charge in [-0.3, -0.25) is 4.68 Å². The van der Waals surface area contributed by atoms with E-state index in [9.17, 15) is 0 Å². The summed E-state index contributed by atoms with van der Waals surface area (Å²) in [5.41, 5.74) is 3.80. The fraction of sp³-hybridized carbons (Fsp3) is 0.222. The molecule has 0 spiro atoms. The molecule has 1 aliphatic carbocycles. The predicted octanol–water partition coefficient (Wildman–Crippen LogP) is 5.12. The second kappa shape index (κ2) is 5.25. The molecular formula is C18H16ClN3. The number of hydrogen-bond acceptors (Lipinski definition) is 2. The van der Waals surface area contributed by atoms with Gasteiger partial charge in [-0.1, -0.05) is 36.4 Å². The van der Waals surface area contributed by atoms with Gasteiger partial charge in [0.2, 0.25) is 0 Å². The van der Waals surface area contributed by atoms with Gasteiger partial charge < -0.3 is 0 Å². The summed E-state index contributed by atoms with van der Waals surface area (Å²) in [5.74, 6) is 0. The number of nitrogens with zero attached hydrogens (tertiary/aromatic N) is 3. The molecule has 1 aliphatic rings. The third-order valence-corrected chi connectivity index (χ3v) is 4.68. The lowest BCUT2D eigenvalue weighted by Crippen LogP contribution is -2.16. The Balaban J connectivity index is 1.80. The lowest BCUT2D eigenvalue weighted by Gasteiger charge is -2.25. The fourth-order valence-corrected chi connectivity index (χ4v) is 3.06. The van der Waals surface area contributed by atoms with E-state index in [1.165, 1.54) is 19.3 Å². The minimum Gasteiger partial charge on any atom is -0.269 e. The summed E-state index contributed by atoms with van der Waals surface area (Å²) in [5, 5.41) is 6.15. The first-order valence-electron chi connectivity index (χ1n) is 7.52. The van der Waals surface area contributed by atoms with Crippen LogP contribution in [0.2, 0.25) is 5.02 Å². The molecule has 1 fully saturated rings. The molecule has 3 aromatic rings. The van der Waals surface area contributed by atoms with Gasteiger partial charge in [-0.05, 0) is 37.0 Å². The van der Waals surface area contributed by atoms with Crippen LogP contribution in [0.4, 0.5) is 0 Å². The van der Waals surface area contributed by atoms with E-state index in [0.717, 1.165) is 27.7 Å². The maximum absolute atomic E-state index is 6.42. The van der Waals surface area contributed by atoms with Crippen molar-refractivity contribution in [3.63, 3.8) is 0 Å². The topological polar surface area (TPSA) is 30.7 Å². The number of benzene rings is 1. The summed E-state index contributed by atoms with van der Waals surface area (Å²) in [4.78, 5) is 4.75. The Kier molecular flexibility index (Phi) is 3.23. The van der Waals surface area contributed by atoms with Gasteiger partial charge in [-0.2, -0.15) is 5.10 Å². The van der Waals surface area contributed by atoms with Crippen molar-refractivity contribution in [2.75, 3.05) is 0 Å². The van der Waals surface area contributed by atoms with Crippen LogP contribution in [-0.2, 0) is 0 Å². The Morgan fingerprint density at radius 2 is 2.14 bits per heavy atom. The highest BCUT2D eigenvalue weighted by atomic mass is 35.5. The molecule has 22 heavy (non-hydrogen) atoms. The first-order valence-corrected chi connectivity index (χ1v) is 7.89. The summed E-state index contributed by atoms with van der Waals surface area (Å²) in [6.07, 6.45) is 9.50. The third kappa shape index (κ3) is 2.22. The molecule has 0 bridgehead atoms. The van der Waals surface area contributed by atoms with Gasteiger partial charge in [0.15, 0.2) is 0 Å². The first kappa shape index (κ1) is 13.5. The summed E-state index contributed by atoms with van der Waals surface area (Å²) in [7, 11) is 0. The quantitative estimate of drug-likeness (QED) is 0.672. The number of aromatic nitrogens is 3. The molecule has 0 N–H and O–H groups in total. The zero-order valence-electron chi connectivity index (χ0n) is 12.2. The van der Waals surface area contributed by atoms with Gasteiger partial charge in [0, 0.05) is 17.1 Å². The average Bonchev–Trinajstić information content (AvgIpc) is 2.94. The zero-order valence-corrected chi connectivity index (χ0v) is 12.9. The molecule has 4 rings (SSSR count). The molecule has 2 aromatic heterocycles. The Bertz CT molecular complexity index is 862. The summed E-state index contributed by atoms with van der Waals surface area (Å²) in [6.45, 7) is 3.81. The molecule has 2 heterocycles. The SMILES string of the molecule is C=Cc1ccc2c(Cl)cc(-c3cnn(C4CCC4)c3)nc2c1. The van der Waals surface area contributed by atoms with Crippen LogP contribution in [0.3, 0.4) is 0 Å². The van der Waals surface area contributed by atoms with Gasteiger partial charge in [0.1, 0.15) is 0 Å². The van der Waals surface area contributed by atoms with Gasteiger partial charge in [-0.15, -0.1) is 0 Å². The van der Waals surface area contributed by atoms with E-state index in [1.54, 1.807) is 0 Å². The minimum atomic E-state index is 0.553. The molecular weight excluding hydrogens is 294 g/mol. The third-order valence-electron chi connectivity index (χ3n) is 4.37. The zero-order chi connectivity index (χ0) is 15.1. The number of fused-ring (bicyclic) bond motifs is 1. The second-order valence-electron chi connectivity index (χ2n) is 5.76. The average molecular weight is 310 g/mol. The highest BCUT2D eigenvalue weighted by molar-refractivity contribution is 6.35. The van der Waals surface area contributed by atoms with Crippen LogP contribution >= 0.6 is 11.6 Å². The monoisotopic (exact) mass is 309 g/mol. The van der Waals surface area contributed by atoms with E-state index < -0.39 is 0 Å². The van der Waals surface area contributed by atoms with E-state index >= 15 is 0 Å². The predicted molar refractivity (Wildman–Crippen MR) is 91.0 cm³/mol. The standard InChI is InChI=1S/C18H16ClN3/c1-2-12-6-7-15-16(19)9-17(21-18(15)8-12)13-10-20-22(11-13)14-4-3-5-14/h2,6-11,14H,1,3-5H2. The molecule has 110 valence electrons. The van der Waals surface area contributed by atoms with Crippen molar-refractivity contribution in [3.05, 3.63) is 53.8 Å². The summed E-state index contributed by atoms with van der Waals surface area (Å²) in [6, 6.07) is 8.46. The van der Waals surface area contributed by atoms with Gasteiger partial charge >= 0.3 is 0 Å². The van der Waals surface area contributed by atoms with Crippen molar-refractivity contribution in [3.8, 4) is 11.3 Å². The van der Waals surface area contributed by atoms with Crippen LogP contribution in [-0.4, -0.2) is 14.8 Å². The maximum Gasteiger partial charge on any atom is 0.0756 e. The molecule has 1 aromatic carbocycles. The smallest absolute Gasteiger partial charge is 0.0756 e. The molecule has 0 aliphatic heterocycles. The fourth-order valence-electron chi connectivity index (χ4n) is 2.80. The molecule has 0 amide bonds. The Morgan fingerprint density at radius 1 is 1.27 bits per heavy atom. The van der Waals surface area contributed by atoms with Crippen LogP contribution in [0.1, 0.15) is 30.9 Å². The van der Waals surface area contributed by atoms with Crippen molar-refractivity contribution in [1.29, 1.82) is 0 Å². The van der Waals surface area contributed by atoms with E-state index in [4.69, 9.17) is 16.6 Å². The van der Waals surface area contributed by atoms with Crippen molar-refractivity contribution in [2.24, 2.45) is 0 Å². The molecule has 3 nitrogen and oxygen atoms in total. The van der Waals surface area contributed by atoms with Crippen molar-refractivity contribution < 1.29 is 0 Å². The van der Waals surface area contributed by atoms with E-state index in [2.05, 4.69) is 22.6 Å². The molecule has 0 saturated heterocycles. The Hall–Kier alpha value is -2.13. The second-order valence-corrected chi connectivity index (χ2v) is 6.17. The largest absolute Gasteiger partial charge is 0.269 e. The normalized spacial score (nSPS) is 15.0. The first-order chi connectivity index (χ1) is 10.7. The Labute approximate surface area is 134 Å². The van der Waals surface area contributed by atoms with Crippen molar-refractivity contribution in [2.45, 2.75) is 25.3 Å². The number of rotatable bonds is 3. The van der Waals surface area contributed by atoms with Crippen LogP contribution < -0.4 is 0 Å². The number of pyridine rings is 1. The number of halogens is 1. The van der Waals surface area contributed by atoms with E-state index in [1.807, 2.05) is 36.5 Å². The minimum absolute atomic E-state index is 0.553. The van der Waals surface area contributed by atoms with Gasteiger partial charge in [0.05, 0.1) is 28.5 Å². The molecule has 1 saturated carbocycles. The van der Waals surface area contributed by atoms with Gasteiger partial charge in [-0.25, -0.2) is 4.98 Å². The van der Waals surface area contributed by atoms with Crippen LogP contribution in [0, 0.1) is 0 Å². The van der Waals surface area contributed by atoms with Crippen LogP contribution in [0.15, 0.2) is 43.2 Å². The molecule has 0 atom stereocenters. The lowest BCUT2D eigenvalue weighted by atomic mass is 9.93. The summed E-state index contributed by atoms with van der Waals surface area (Å²) >= 11 is 6.42. The van der Waals surface area contributed by atoms with Gasteiger partial charge in [0.25, 0.3) is 0 Å². The lowest BCUT2D eigenvalue weighted by molar-refractivity contribution is 0.289. The number of hydrogen-bond donors (Lipinski definition) is 0.